The molecule has 0 aromatic carbocycles. The van der Waals surface area contributed by atoms with Crippen LogP contribution in [0.3, 0.4) is 0 Å². The quantitative estimate of drug-likeness (QED) is 0.375. The molecule has 0 aromatic heterocycles. The maximum atomic E-state index is 10.9. The van der Waals surface area contributed by atoms with E-state index in [-0.39, 0.29) is 71.6 Å². The fraction of sp³-hybridized carbons (Fsp3) is 0.846. The zero-order chi connectivity index (χ0) is 14.1. The summed E-state index contributed by atoms with van der Waals surface area (Å²) in [7, 11) is 0. The minimum atomic E-state index is -1.34. The van der Waals surface area contributed by atoms with Crippen LogP contribution in [0.5, 0.6) is 0 Å². The third-order valence-corrected chi connectivity index (χ3v) is 3.02. The zero-order valence-electron chi connectivity index (χ0n) is 13.5. The molecule has 0 saturated carbocycles. The van der Waals surface area contributed by atoms with E-state index in [4.69, 9.17) is 0 Å². The maximum Gasteiger partial charge on any atom is 1.00 e. The molecule has 0 aliphatic carbocycles. The molecule has 2 atom stereocenters. The maximum absolute atomic E-state index is 10.9. The van der Waals surface area contributed by atoms with Crippen LogP contribution in [0.4, 0.5) is 0 Å². The van der Waals surface area contributed by atoms with Crippen molar-refractivity contribution in [2.75, 3.05) is 13.1 Å². The molecule has 0 heterocycles. The molecule has 7 heteroatoms. The average molecular weight is 303 g/mol. The fourth-order valence-corrected chi connectivity index (χ4v) is 2.15. The van der Waals surface area contributed by atoms with Gasteiger partial charge in [0.25, 0.3) is 0 Å². The molecule has 0 saturated heterocycles. The van der Waals surface area contributed by atoms with Crippen LogP contribution in [-0.4, -0.2) is 36.0 Å². The standard InChI is InChI=1S/C13H25NO4.2Na/c1-4-6-14(7-5-2)10(3)8-11(13(17)18)9-12(15)16;;/h10-11H,4-9H2,1-3H3,(H,15,16)(H,17,18);;/q;2*+1/p-2. The van der Waals surface area contributed by atoms with E-state index in [0.717, 1.165) is 25.9 Å². The largest absolute Gasteiger partial charge is 1.00 e. The molecule has 0 fully saturated rings. The van der Waals surface area contributed by atoms with Crippen molar-refractivity contribution in [3.8, 4) is 0 Å². The molecule has 2 unspecified atom stereocenters. The molecule has 0 bridgehead atoms. The van der Waals surface area contributed by atoms with E-state index in [0.29, 0.717) is 0 Å². The summed E-state index contributed by atoms with van der Waals surface area (Å²) in [6, 6.07) is 0.0344. The smallest absolute Gasteiger partial charge is 0.550 e. The van der Waals surface area contributed by atoms with Gasteiger partial charge in [-0.2, -0.15) is 0 Å². The van der Waals surface area contributed by atoms with Gasteiger partial charge in [-0.25, -0.2) is 0 Å². The van der Waals surface area contributed by atoms with Gasteiger partial charge in [-0.1, -0.05) is 13.8 Å². The van der Waals surface area contributed by atoms with Crippen LogP contribution < -0.4 is 69.3 Å². The summed E-state index contributed by atoms with van der Waals surface area (Å²) < 4.78 is 0. The van der Waals surface area contributed by atoms with Gasteiger partial charge in [0, 0.05) is 23.9 Å². The predicted octanol–water partition coefficient (Wildman–Crippen LogP) is -6.60. The van der Waals surface area contributed by atoms with Crippen LogP contribution in [-0.2, 0) is 9.59 Å². The number of hydrogen-bond acceptors (Lipinski definition) is 5. The molecular formula is C13H23NNa2O4. The van der Waals surface area contributed by atoms with E-state index in [1.54, 1.807) is 0 Å². The van der Waals surface area contributed by atoms with Gasteiger partial charge in [-0.3, -0.25) is 0 Å². The van der Waals surface area contributed by atoms with Crippen LogP contribution in [0.2, 0.25) is 0 Å². The minimum Gasteiger partial charge on any atom is -0.550 e. The topological polar surface area (TPSA) is 83.5 Å². The van der Waals surface area contributed by atoms with Gasteiger partial charge in [-0.05, 0) is 45.7 Å². The number of aliphatic carboxylic acids is 2. The second kappa shape index (κ2) is 14.8. The van der Waals surface area contributed by atoms with Gasteiger partial charge < -0.3 is 24.7 Å². The van der Waals surface area contributed by atoms with Crippen LogP contribution in [0.15, 0.2) is 0 Å². The van der Waals surface area contributed by atoms with E-state index in [9.17, 15) is 19.8 Å². The van der Waals surface area contributed by atoms with Crippen molar-refractivity contribution in [1.82, 2.24) is 4.90 Å². The normalized spacial score (nSPS) is 13.0. The summed E-state index contributed by atoms with van der Waals surface area (Å²) in [6.07, 6.45) is 1.79. The van der Waals surface area contributed by atoms with Gasteiger partial charge >= 0.3 is 59.1 Å². The van der Waals surface area contributed by atoms with E-state index >= 15 is 0 Å². The number of hydrogen-bond donors (Lipinski definition) is 0. The third-order valence-electron chi connectivity index (χ3n) is 3.02. The second-order valence-electron chi connectivity index (χ2n) is 4.71. The van der Waals surface area contributed by atoms with E-state index in [1.807, 2.05) is 6.92 Å². The summed E-state index contributed by atoms with van der Waals surface area (Å²) in [6.45, 7) is 7.83. The third kappa shape index (κ3) is 11.5. The Labute approximate surface area is 166 Å². The Kier molecular flexibility index (Phi) is 19.1. The monoisotopic (exact) mass is 303 g/mol. The van der Waals surface area contributed by atoms with Crippen LogP contribution >= 0.6 is 0 Å². The van der Waals surface area contributed by atoms with Crippen molar-refractivity contribution in [1.29, 1.82) is 0 Å². The SMILES string of the molecule is CCCN(CCC)C(C)CC(CC(=O)[O-])C(=O)[O-].[Na+].[Na+]. The van der Waals surface area contributed by atoms with Gasteiger partial charge in [0.05, 0.1) is 0 Å². The number of rotatable bonds is 10. The van der Waals surface area contributed by atoms with Gasteiger partial charge in [0.2, 0.25) is 0 Å². The Morgan fingerprint density at radius 2 is 1.50 bits per heavy atom. The van der Waals surface area contributed by atoms with Crippen molar-refractivity contribution in [3.05, 3.63) is 0 Å². The average Bonchev–Trinajstić information content (AvgIpc) is 2.27. The van der Waals surface area contributed by atoms with E-state index < -0.39 is 24.3 Å². The molecule has 0 spiro atoms. The minimum absolute atomic E-state index is 0. The Morgan fingerprint density at radius 1 is 1.05 bits per heavy atom. The molecule has 0 rings (SSSR count). The molecule has 0 aliphatic rings. The number of carbonyl (C=O) groups is 2. The van der Waals surface area contributed by atoms with Crippen LogP contribution in [0, 0.1) is 5.92 Å². The van der Waals surface area contributed by atoms with E-state index in [1.165, 1.54) is 0 Å². The zero-order valence-corrected chi connectivity index (χ0v) is 17.5. The second-order valence-corrected chi connectivity index (χ2v) is 4.71. The van der Waals surface area contributed by atoms with Crippen molar-refractivity contribution in [2.24, 2.45) is 5.92 Å². The first-order valence-corrected chi connectivity index (χ1v) is 6.57. The fourth-order valence-electron chi connectivity index (χ4n) is 2.15. The van der Waals surface area contributed by atoms with Crippen LogP contribution in [0.1, 0.15) is 46.5 Å². The molecular weight excluding hydrogens is 280 g/mol. The summed E-state index contributed by atoms with van der Waals surface area (Å²) >= 11 is 0. The molecule has 0 aromatic rings. The number of carbonyl (C=O) groups excluding carboxylic acids is 2. The predicted molar refractivity (Wildman–Crippen MR) is 64.4 cm³/mol. The molecule has 0 N–H and O–H groups in total. The Balaban J connectivity index is -0.00000144. The molecule has 106 valence electrons. The van der Waals surface area contributed by atoms with Crippen LogP contribution in [0.25, 0.3) is 0 Å². The summed E-state index contributed by atoms with van der Waals surface area (Å²) in [4.78, 5) is 23.6. The first-order valence-electron chi connectivity index (χ1n) is 6.57. The Bertz CT molecular complexity index is 271. The van der Waals surface area contributed by atoms with Gasteiger partial charge in [0.15, 0.2) is 0 Å². The van der Waals surface area contributed by atoms with Crippen molar-refractivity contribution in [2.45, 2.75) is 52.5 Å². The van der Waals surface area contributed by atoms with Gasteiger partial charge in [0.1, 0.15) is 0 Å². The first kappa shape index (κ1) is 25.8. The Hall–Kier alpha value is 0.900. The number of carboxylic acids is 2. The summed E-state index contributed by atoms with van der Waals surface area (Å²) in [5.41, 5.74) is 0. The number of nitrogens with zero attached hydrogens (tertiary/aromatic N) is 1. The van der Waals surface area contributed by atoms with Crippen molar-refractivity contribution >= 4 is 11.9 Å². The number of carboxylic acid groups (broad SMARTS) is 2. The Morgan fingerprint density at radius 3 is 1.80 bits per heavy atom. The summed E-state index contributed by atoms with van der Waals surface area (Å²) in [5, 5.41) is 21.4. The first-order chi connectivity index (χ1) is 8.42. The molecule has 0 aliphatic heterocycles. The molecule has 0 amide bonds. The van der Waals surface area contributed by atoms with Gasteiger partial charge in [-0.15, -0.1) is 0 Å². The molecule has 20 heavy (non-hydrogen) atoms. The van der Waals surface area contributed by atoms with Crippen molar-refractivity contribution in [3.63, 3.8) is 0 Å². The summed E-state index contributed by atoms with van der Waals surface area (Å²) in [5.74, 6) is -3.62. The van der Waals surface area contributed by atoms with E-state index in [2.05, 4.69) is 18.7 Å². The molecule has 5 nitrogen and oxygen atoms in total. The molecule has 0 radical (unpaired) electrons. The van der Waals surface area contributed by atoms with Crippen molar-refractivity contribution < 1.29 is 78.9 Å².